The highest BCUT2D eigenvalue weighted by Crippen LogP contribution is 2.52. The summed E-state index contributed by atoms with van der Waals surface area (Å²) in [6.45, 7) is 3.85. The number of hydrogen-bond acceptors (Lipinski definition) is 6. The van der Waals surface area contributed by atoms with Gasteiger partial charge in [-0.05, 0) is 49.2 Å². The molecule has 0 saturated carbocycles. The zero-order valence-corrected chi connectivity index (χ0v) is 21.4. The Morgan fingerprint density at radius 2 is 1.69 bits per heavy atom. The highest BCUT2D eigenvalue weighted by Gasteiger charge is 2.44. The molecule has 6 nitrogen and oxygen atoms in total. The van der Waals surface area contributed by atoms with Gasteiger partial charge in [0.15, 0.2) is 0 Å². The first-order valence-electron chi connectivity index (χ1n) is 12.4. The van der Waals surface area contributed by atoms with Gasteiger partial charge in [0.25, 0.3) is 0 Å². The van der Waals surface area contributed by atoms with Crippen LogP contribution in [0, 0.1) is 0 Å². The molecule has 2 aliphatic rings. The molecule has 3 aromatic rings. The normalized spacial score (nSPS) is 21.6. The fourth-order valence-corrected chi connectivity index (χ4v) is 5.19. The summed E-state index contributed by atoms with van der Waals surface area (Å²) in [6, 6.07) is 20.6. The SMILES string of the molecule is COc1cc(O)c2c(c1)OC(c1ccccc1)CC2(O)c1ccc(OCCN2CCCCC2)cc1.Cl. The van der Waals surface area contributed by atoms with Crippen LogP contribution in [0.15, 0.2) is 66.7 Å². The van der Waals surface area contributed by atoms with E-state index in [1.165, 1.54) is 32.4 Å². The number of phenols is 1. The second-order valence-electron chi connectivity index (χ2n) is 9.38. The van der Waals surface area contributed by atoms with Crippen LogP contribution in [-0.4, -0.2) is 48.5 Å². The van der Waals surface area contributed by atoms with Crippen molar-refractivity contribution in [2.75, 3.05) is 33.4 Å². The first kappa shape index (κ1) is 26.1. The van der Waals surface area contributed by atoms with Crippen LogP contribution < -0.4 is 14.2 Å². The van der Waals surface area contributed by atoms with Gasteiger partial charge in [0.2, 0.25) is 0 Å². The molecule has 2 N–H and O–H groups in total. The van der Waals surface area contributed by atoms with Crippen molar-refractivity contribution in [2.45, 2.75) is 37.4 Å². The van der Waals surface area contributed by atoms with Crippen molar-refractivity contribution in [1.82, 2.24) is 4.90 Å². The molecule has 0 spiro atoms. The molecule has 3 aromatic carbocycles. The van der Waals surface area contributed by atoms with Crippen LogP contribution in [0.2, 0.25) is 0 Å². The maximum absolute atomic E-state index is 12.1. The van der Waals surface area contributed by atoms with Gasteiger partial charge in [0, 0.05) is 25.1 Å². The van der Waals surface area contributed by atoms with Crippen molar-refractivity contribution in [3.8, 4) is 23.0 Å². The number of likely N-dealkylation sites (tertiary alicyclic amines) is 1. The molecule has 0 aromatic heterocycles. The van der Waals surface area contributed by atoms with Gasteiger partial charge in [-0.2, -0.15) is 0 Å². The van der Waals surface area contributed by atoms with E-state index < -0.39 is 5.60 Å². The summed E-state index contributed by atoms with van der Waals surface area (Å²) in [5.74, 6) is 1.58. The summed E-state index contributed by atoms with van der Waals surface area (Å²) in [6.07, 6.45) is 3.73. The third-order valence-corrected chi connectivity index (χ3v) is 7.08. The van der Waals surface area contributed by atoms with Crippen molar-refractivity contribution < 1.29 is 24.4 Å². The van der Waals surface area contributed by atoms with E-state index in [1.807, 2.05) is 54.6 Å². The Kier molecular flexibility index (Phi) is 8.29. The maximum Gasteiger partial charge on any atom is 0.134 e. The standard InChI is InChI=1S/C29H33NO5.ClH/c1-33-24-18-25(31)28-26(19-24)35-27(21-8-4-2-5-9-21)20-29(28,32)22-10-12-23(13-11-22)34-17-16-30-14-6-3-7-15-30;/h2,4-5,8-13,18-19,27,31-32H,3,6-7,14-17,20H2,1H3;1H. The number of nitrogens with zero attached hydrogens (tertiary/aromatic N) is 1. The minimum absolute atomic E-state index is 0. The molecular weight excluding hydrogens is 478 g/mol. The van der Waals surface area contributed by atoms with Crippen LogP contribution in [0.5, 0.6) is 23.0 Å². The third kappa shape index (κ3) is 5.41. The summed E-state index contributed by atoms with van der Waals surface area (Å²) in [4.78, 5) is 2.44. The summed E-state index contributed by atoms with van der Waals surface area (Å²) >= 11 is 0. The van der Waals surface area contributed by atoms with Crippen LogP contribution in [0.3, 0.4) is 0 Å². The van der Waals surface area contributed by atoms with Crippen molar-refractivity contribution in [2.24, 2.45) is 0 Å². The molecule has 2 unspecified atom stereocenters. The number of aliphatic hydroxyl groups is 1. The van der Waals surface area contributed by atoms with Gasteiger partial charge in [0.05, 0.1) is 12.7 Å². The fourth-order valence-electron chi connectivity index (χ4n) is 5.19. The highest BCUT2D eigenvalue weighted by molar-refractivity contribution is 5.85. The maximum atomic E-state index is 12.1. The van der Waals surface area contributed by atoms with Crippen LogP contribution >= 0.6 is 12.4 Å². The number of hydrogen-bond donors (Lipinski definition) is 2. The van der Waals surface area contributed by atoms with Gasteiger partial charge in [0.1, 0.15) is 41.3 Å². The van der Waals surface area contributed by atoms with E-state index in [9.17, 15) is 10.2 Å². The van der Waals surface area contributed by atoms with E-state index in [2.05, 4.69) is 4.90 Å². The fraction of sp³-hybridized carbons (Fsp3) is 0.379. The van der Waals surface area contributed by atoms with Crippen molar-refractivity contribution in [1.29, 1.82) is 0 Å². The van der Waals surface area contributed by atoms with E-state index in [1.54, 1.807) is 6.07 Å². The zero-order valence-electron chi connectivity index (χ0n) is 20.6. The van der Waals surface area contributed by atoms with Crippen LogP contribution in [0.1, 0.15) is 48.5 Å². The van der Waals surface area contributed by atoms with Crippen molar-refractivity contribution in [3.63, 3.8) is 0 Å². The van der Waals surface area contributed by atoms with E-state index in [-0.39, 0.29) is 30.7 Å². The first-order valence-corrected chi connectivity index (χ1v) is 12.4. The Morgan fingerprint density at radius 3 is 2.39 bits per heavy atom. The van der Waals surface area contributed by atoms with Crippen molar-refractivity contribution >= 4 is 12.4 Å². The molecule has 0 aliphatic carbocycles. The molecule has 0 amide bonds. The lowest BCUT2D eigenvalue weighted by Gasteiger charge is -2.39. The molecule has 192 valence electrons. The molecule has 5 rings (SSSR count). The molecule has 2 atom stereocenters. The minimum Gasteiger partial charge on any atom is -0.507 e. The van der Waals surface area contributed by atoms with Crippen LogP contribution in [0.25, 0.3) is 0 Å². The molecular formula is C29H34ClNO5. The molecule has 2 aliphatic heterocycles. The number of methoxy groups -OCH3 is 1. The molecule has 1 fully saturated rings. The number of ether oxygens (including phenoxy) is 3. The first-order chi connectivity index (χ1) is 17.1. The number of aromatic hydroxyl groups is 1. The van der Waals surface area contributed by atoms with Gasteiger partial charge in [-0.15, -0.1) is 12.4 Å². The minimum atomic E-state index is -1.45. The van der Waals surface area contributed by atoms with Gasteiger partial charge in [-0.25, -0.2) is 0 Å². The van der Waals surface area contributed by atoms with Gasteiger partial charge >= 0.3 is 0 Å². The van der Waals surface area contributed by atoms with E-state index >= 15 is 0 Å². The quantitative estimate of drug-likeness (QED) is 0.439. The largest absolute Gasteiger partial charge is 0.507 e. The Hall–Kier alpha value is -2.93. The number of benzene rings is 3. The topological polar surface area (TPSA) is 71.4 Å². The number of halogens is 1. The number of piperidine rings is 1. The van der Waals surface area contributed by atoms with Gasteiger partial charge in [-0.3, -0.25) is 4.90 Å². The summed E-state index contributed by atoms with van der Waals surface area (Å²) < 4.78 is 17.6. The Bertz CT molecular complexity index is 1130. The predicted molar refractivity (Wildman–Crippen MR) is 142 cm³/mol. The number of phenolic OH excluding ortho intramolecular Hbond substituents is 1. The molecule has 1 saturated heterocycles. The average Bonchev–Trinajstić information content (AvgIpc) is 2.89. The van der Waals surface area contributed by atoms with Crippen LogP contribution in [0.4, 0.5) is 0 Å². The van der Waals surface area contributed by atoms with E-state index in [4.69, 9.17) is 14.2 Å². The lowest BCUT2D eigenvalue weighted by molar-refractivity contribution is -0.00160. The molecule has 36 heavy (non-hydrogen) atoms. The second-order valence-corrected chi connectivity index (χ2v) is 9.38. The number of fused-ring (bicyclic) bond motifs is 1. The highest BCUT2D eigenvalue weighted by atomic mass is 35.5. The summed E-state index contributed by atoms with van der Waals surface area (Å²) in [5.41, 5.74) is 0.532. The average molecular weight is 512 g/mol. The Labute approximate surface area is 218 Å². The smallest absolute Gasteiger partial charge is 0.134 e. The lowest BCUT2D eigenvalue weighted by atomic mass is 9.78. The molecule has 0 bridgehead atoms. The Morgan fingerprint density at radius 1 is 0.972 bits per heavy atom. The summed E-state index contributed by atoms with van der Waals surface area (Å²) in [5, 5.41) is 22.9. The van der Waals surface area contributed by atoms with Crippen LogP contribution in [-0.2, 0) is 5.60 Å². The predicted octanol–water partition coefficient (Wildman–Crippen LogP) is 5.45. The van der Waals surface area contributed by atoms with E-state index in [0.29, 0.717) is 29.2 Å². The molecule has 7 heteroatoms. The second kappa shape index (κ2) is 11.4. The Balaban J connectivity index is 0.00000304. The number of rotatable bonds is 7. The van der Waals surface area contributed by atoms with Gasteiger partial charge in [-0.1, -0.05) is 48.9 Å². The van der Waals surface area contributed by atoms with Crippen molar-refractivity contribution in [3.05, 3.63) is 83.4 Å². The monoisotopic (exact) mass is 511 g/mol. The molecule has 2 heterocycles. The molecule has 0 radical (unpaired) electrons. The summed E-state index contributed by atoms with van der Waals surface area (Å²) in [7, 11) is 1.54. The zero-order chi connectivity index (χ0) is 24.3. The van der Waals surface area contributed by atoms with Gasteiger partial charge < -0.3 is 24.4 Å². The third-order valence-electron chi connectivity index (χ3n) is 7.08. The van der Waals surface area contributed by atoms with E-state index in [0.717, 1.165) is 30.9 Å². The lowest BCUT2D eigenvalue weighted by Crippen LogP contribution is -2.36.